The Morgan fingerprint density at radius 1 is 1.50 bits per heavy atom. The first-order valence-corrected chi connectivity index (χ1v) is 6.74. The molecule has 5 heteroatoms. The molecule has 0 spiro atoms. The van der Waals surface area contributed by atoms with Crippen LogP contribution in [0.25, 0.3) is 0 Å². The molecule has 0 aliphatic rings. The topological polar surface area (TPSA) is 78.9 Å². The summed E-state index contributed by atoms with van der Waals surface area (Å²) in [6.07, 6.45) is 0.276. The molecule has 0 aromatic carbocycles. The van der Waals surface area contributed by atoms with Gasteiger partial charge in [-0.1, -0.05) is 13.8 Å². The molecule has 1 aromatic heterocycles. The predicted molar refractivity (Wildman–Crippen MR) is 74.6 cm³/mol. The summed E-state index contributed by atoms with van der Waals surface area (Å²) in [5, 5.41) is 12.5. The molecule has 0 fully saturated rings. The minimum atomic E-state index is -0.155. The van der Waals surface area contributed by atoms with Crippen LogP contribution in [-0.2, 0) is 4.79 Å². The van der Waals surface area contributed by atoms with Crippen molar-refractivity contribution in [1.29, 1.82) is 5.26 Å². The molecular formula is C13H19N3OS. The SMILES string of the molecule is Cc1sc(NC(=O)CC(N)C(C)C)c(C#N)c1C. The van der Waals surface area contributed by atoms with Crippen LogP contribution in [0.2, 0.25) is 0 Å². The van der Waals surface area contributed by atoms with Gasteiger partial charge in [0.15, 0.2) is 0 Å². The molecule has 0 aliphatic carbocycles. The number of nitriles is 1. The van der Waals surface area contributed by atoms with Crippen molar-refractivity contribution in [1.82, 2.24) is 0 Å². The van der Waals surface area contributed by atoms with Crippen molar-refractivity contribution in [2.24, 2.45) is 11.7 Å². The summed E-state index contributed by atoms with van der Waals surface area (Å²) in [7, 11) is 0. The maximum absolute atomic E-state index is 11.8. The first kappa shape index (κ1) is 14.7. The van der Waals surface area contributed by atoms with Crippen molar-refractivity contribution in [2.75, 3.05) is 5.32 Å². The molecule has 0 bridgehead atoms. The van der Waals surface area contributed by atoms with Crippen molar-refractivity contribution in [2.45, 2.75) is 40.2 Å². The van der Waals surface area contributed by atoms with E-state index in [0.29, 0.717) is 10.6 Å². The minimum absolute atomic E-state index is 0.131. The quantitative estimate of drug-likeness (QED) is 0.878. The number of amides is 1. The summed E-state index contributed by atoms with van der Waals surface area (Å²) < 4.78 is 0. The van der Waals surface area contributed by atoms with Crippen LogP contribution >= 0.6 is 11.3 Å². The molecule has 1 heterocycles. The lowest BCUT2D eigenvalue weighted by Gasteiger charge is -2.14. The van der Waals surface area contributed by atoms with E-state index >= 15 is 0 Å². The molecule has 18 heavy (non-hydrogen) atoms. The van der Waals surface area contributed by atoms with Crippen molar-refractivity contribution in [3.8, 4) is 6.07 Å². The van der Waals surface area contributed by atoms with Gasteiger partial charge in [-0.05, 0) is 25.3 Å². The van der Waals surface area contributed by atoms with Gasteiger partial charge < -0.3 is 11.1 Å². The van der Waals surface area contributed by atoms with Gasteiger partial charge in [-0.25, -0.2) is 0 Å². The Bertz CT molecular complexity index is 485. The highest BCUT2D eigenvalue weighted by Gasteiger charge is 2.17. The second kappa shape index (κ2) is 5.98. The molecule has 0 radical (unpaired) electrons. The molecule has 1 amide bonds. The van der Waals surface area contributed by atoms with Crippen molar-refractivity contribution in [3.05, 3.63) is 16.0 Å². The van der Waals surface area contributed by atoms with Gasteiger partial charge in [-0.15, -0.1) is 11.3 Å². The van der Waals surface area contributed by atoms with E-state index in [1.807, 2.05) is 27.7 Å². The largest absolute Gasteiger partial charge is 0.327 e. The van der Waals surface area contributed by atoms with E-state index in [4.69, 9.17) is 11.0 Å². The predicted octanol–water partition coefficient (Wildman–Crippen LogP) is 2.55. The molecule has 0 saturated carbocycles. The Morgan fingerprint density at radius 2 is 2.11 bits per heavy atom. The van der Waals surface area contributed by atoms with E-state index in [2.05, 4.69) is 11.4 Å². The third-order valence-electron chi connectivity index (χ3n) is 3.03. The van der Waals surface area contributed by atoms with E-state index in [9.17, 15) is 4.79 Å². The zero-order chi connectivity index (χ0) is 13.9. The molecule has 1 rings (SSSR count). The highest BCUT2D eigenvalue weighted by atomic mass is 32.1. The number of carbonyl (C=O) groups is 1. The Hall–Kier alpha value is -1.38. The number of anilines is 1. The zero-order valence-corrected chi connectivity index (χ0v) is 12.0. The van der Waals surface area contributed by atoms with Gasteiger partial charge in [0.25, 0.3) is 0 Å². The summed E-state index contributed by atoms with van der Waals surface area (Å²) in [5.41, 5.74) is 7.35. The average Bonchev–Trinajstić information content (AvgIpc) is 2.53. The van der Waals surface area contributed by atoms with Crippen LogP contribution in [0.1, 0.15) is 36.3 Å². The molecule has 1 unspecified atom stereocenters. The van der Waals surface area contributed by atoms with E-state index in [-0.39, 0.29) is 24.3 Å². The van der Waals surface area contributed by atoms with Gasteiger partial charge in [-0.3, -0.25) is 4.79 Å². The number of thiophene rings is 1. The Labute approximate surface area is 112 Å². The maximum Gasteiger partial charge on any atom is 0.226 e. The Balaban J connectivity index is 2.77. The molecule has 98 valence electrons. The van der Waals surface area contributed by atoms with Gasteiger partial charge in [0.1, 0.15) is 11.1 Å². The summed E-state index contributed by atoms with van der Waals surface area (Å²) in [6, 6.07) is 1.98. The minimum Gasteiger partial charge on any atom is -0.327 e. The van der Waals surface area contributed by atoms with E-state index in [1.165, 1.54) is 11.3 Å². The molecule has 1 aromatic rings. The zero-order valence-electron chi connectivity index (χ0n) is 11.2. The second-order valence-corrected chi connectivity index (χ2v) is 5.98. The lowest BCUT2D eigenvalue weighted by molar-refractivity contribution is -0.116. The Morgan fingerprint density at radius 3 is 2.61 bits per heavy atom. The maximum atomic E-state index is 11.8. The van der Waals surface area contributed by atoms with Crippen LogP contribution in [0.15, 0.2) is 0 Å². The standard InChI is InChI=1S/C13H19N3OS/c1-7(2)11(15)5-12(17)16-13-10(6-14)8(3)9(4)18-13/h7,11H,5,15H2,1-4H3,(H,16,17). The number of nitrogens with one attached hydrogen (secondary N) is 1. The average molecular weight is 265 g/mol. The Kier molecular flexibility index (Phi) is 4.88. The molecule has 3 N–H and O–H groups in total. The van der Waals surface area contributed by atoms with Crippen LogP contribution in [0.5, 0.6) is 0 Å². The monoisotopic (exact) mass is 265 g/mol. The highest BCUT2D eigenvalue weighted by Crippen LogP contribution is 2.31. The van der Waals surface area contributed by atoms with Crippen molar-refractivity contribution >= 4 is 22.2 Å². The van der Waals surface area contributed by atoms with Crippen LogP contribution in [-0.4, -0.2) is 11.9 Å². The molecule has 0 saturated heterocycles. The van der Waals surface area contributed by atoms with Crippen molar-refractivity contribution in [3.63, 3.8) is 0 Å². The van der Waals surface area contributed by atoms with Crippen LogP contribution in [0, 0.1) is 31.1 Å². The number of nitrogens with zero attached hydrogens (tertiary/aromatic N) is 1. The third-order valence-corrected chi connectivity index (χ3v) is 4.15. The van der Waals surface area contributed by atoms with Gasteiger partial charge >= 0.3 is 0 Å². The molecular weight excluding hydrogens is 246 g/mol. The first-order chi connectivity index (χ1) is 8.36. The highest BCUT2D eigenvalue weighted by molar-refractivity contribution is 7.16. The first-order valence-electron chi connectivity index (χ1n) is 5.92. The normalized spacial score (nSPS) is 12.3. The number of hydrogen-bond acceptors (Lipinski definition) is 4. The van der Waals surface area contributed by atoms with Crippen molar-refractivity contribution < 1.29 is 4.79 Å². The molecule has 0 aliphatic heterocycles. The number of aryl methyl sites for hydroxylation is 1. The smallest absolute Gasteiger partial charge is 0.226 e. The summed E-state index contributed by atoms with van der Waals surface area (Å²) in [6.45, 7) is 7.80. The van der Waals surface area contributed by atoms with Crippen LogP contribution in [0.3, 0.4) is 0 Å². The van der Waals surface area contributed by atoms with E-state index < -0.39 is 0 Å². The number of carbonyl (C=O) groups excluding carboxylic acids is 1. The summed E-state index contributed by atoms with van der Waals surface area (Å²) >= 11 is 1.43. The fraction of sp³-hybridized carbons (Fsp3) is 0.538. The van der Waals surface area contributed by atoms with E-state index in [1.54, 1.807) is 0 Å². The fourth-order valence-corrected chi connectivity index (χ4v) is 2.50. The number of rotatable bonds is 4. The fourth-order valence-electron chi connectivity index (χ4n) is 1.48. The second-order valence-electron chi connectivity index (χ2n) is 4.76. The molecule has 4 nitrogen and oxygen atoms in total. The number of nitrogens with two attached hydrogens (primary N) is 1. The summed E-state index contributed by atoms with van der Waals surface area (Å²) in [4.78, 5) is 12.9. The number of hydrogen-bond donors (Lipinski definition) is 2. The van der Waals surface area contributed by atoms with E-state index in [0.717, 1.165) is 10.4 Å². The van der Waals surface area contributed by atoms with Gasteiger partial charge in [0.2, 0.25) is 5.91 Å². The van der Waals surface area contributed by atoms with Gasteiger partial charge in [0.05, 0.1) is 5.56 Å². The van der Waals surface area contributed by atoms with Crippen LogP contribution < -0.4 is 11.1 Å². The van der Waals surface area contributed by atoms with Crippen LogP contribution in [0.4, 0.5) is 5.00 Å². The summed E-state index contributed by atoms with van der Waals surface area (Å²) in [5.74, 6) is 0.131. The lowest BCUT2D eigenvalue weighted by atomic mass is 10.0. The molecule has 1 atom stereocenters. The van der Waals surface area contributed by atoms with Gasteiger partial charge in [-0.2, -0.15) is 5.26 Å². The van der Waals surface area contributed by atoms with Gasteiger partial charge in [0, 0.05) is 17.3 Å². The third kappa shape index (κ3) is 3.31. The lowest BCUT2D eigenvalue weighted by Crippen LogP contribution is -2.31.